The molecule has 2 unspecified atom stereocenters. The Labute approximate surface area is 125 Å². The van der Waals surface area contributed by atoms with E-state index in [1.807, 2.05) is 22.6 Å². The largest absolute Gasteiger partial charge is 0.478 e. The molecule has 0 heterocycles. The van der Waals surface area contributed by atoms with Crippen LogP contribution in [0.5, 0.6) is 0 Å². The summed E-state index contributed by atoms with van der Waals surface area (Å²) in [5.74, 6) is -0.163. The van der Waals surface area contributed by atoms with Gasteiger partial charge in [0.25, 0.3) is 0 Å². The molecule has 0 spiro atoms. The minimum Gasteiger partial charge on any atom is -0.478 e. The molecule has 2 N–H and O–H groups in total. The zero-order valence-electron chi connectivity index (χ0n) is 10.3. The van der Waals surface area contributed by atoms with E-state index in [2.05, 4.69) is 11.6 Å². The summed E-state index contributed by atoms with van der Waals surface area (Å²) in [6.07, 6.45) is 1.04. The van der Waals surface area contributed by atoms with Gasteiger partial charge in [0.1, 0.15) is 0 Å². The highest BCUT2D eigenvalue weighted by molar-refractivity contribution is 14.1. The van der Waals surface area contributed by atoms with Crippen LogP contribution >= 0.6 is 22.6 Å². The number of hydrogen-bond acceptors (Lipinski definition) is 3. The summed E-state index contributed by atoms with van der Waals surface area (Å²) in [5.41, 5.74) is 0.00302. The lowest BCUT2D eigenvalue weighted by Gasteiger charge is -2.08. The Balaban J connectivity index is 2.20. The molecule has 1 saturated carbocycles. The Hall–Kier alpha value is -0.670. The third kappa shape index (κ3) is 3.46. The molecule has 1 fully saturated rings. The summed E-state index contributed by atoms with van der Waals surface area (Å²) in [6, 6.07) is 4.12. The standard InChI is InChI=1S/C12H14INO4S/c1-7-4-8(7)6-14-19(17,18)9-2-3-11(13)10(5-9)12(15)16/h2-3,5,7-8,14H,4,6H2,1H3,(H,15,16). The molecule has 0 amide bonds. The molecular formula is C12H14INO4S. The first-order valence-electron chi connectivity index (χ1n) is 5.84. The average molecular weight is 395 g/mol. The second kappa shape index (κ2) is 5.37. The van der Waals surface area contributed by atoms with Gasteiger partial charge in [-0.2, -0.15) is 0 Å². The van der Waals surface area contributed by atoms with Gasteiger partial charge in [-0.3, -0.25) is 0 Å². The molecule has 5 nitrogen and oxygen atoms in total. The van der Waals surface area contributed by atoms with Crippen LogP contribution in [0.25, 0.3) is 0 Å². The van der Waals surface area contributed by atoms with Crippen molar-refractivity contribution < 1.29 is 18.3 Å². The maximum atomic E-state index is 12.1. The van der Waals surface area contributed by atoms with Crippen molar-refractivity contribution in [2.24, 2.45) is 11.8 Å². The molecule has 0 radical (unpaired) electrons. The van der Waals surface area contributed by atoms with Gasteiger partial charge in [0, 0.05) is 10.1 Å². The van der Waals surface area contributed by atoms with Crippen LogP contribution < -0.4 is 4.72 Å². The van der Waals surface area contributed by atoms with Crippen molar-refractivity contribution in [1.82, 2.24) is 4.72 Å². The van der Waals surface area contributed by atoms with E-state index in [9.17, 15) is 13.2 Å². The van der Waals surface area contributed by atoms with E-state index in [-0.39, 0.29) is 10.5 Å². The van der Waals surface area contributed by atoms with Crippen molar-refractivity contribution in [3.05, 3.63) is 27.3 Å². The number of benzene rings is 1. The van der Waals surface area contributed by atoms with Gasteiger partial charge in [-0.1, -0.05) is 6.92 Å². The van der Waals surface area contributed by atoms with Gasteiger partial charge in [-0.25, -0.2) is 17.9 Å². The number of aromatic carboxylic acids is 1. The third-order valence-electron chi connectivity index (χ3n) is 3.29. The number of halogens is 1. The fraction of sp³-hybridized carbons (Fsp3) is 0.417. The fourth-order valence-electron chi connectivity index (χ4n) is 1.82. The van der Waals surface area contributed by atoms with E-state index in [0.29, 0.717) is 22.0 Å². The SMILES string of the molecule is CC1CC1CNS(=O)(=O)c1ccc(I)c(C(=O)O)c1. The summed E-state index contributed by atoms with van der Waals surface area (Å²) in [6.45, 7) is 2.49. The predicted octanol–water partition coefficient (Wildman–Crippen LogP) is 1.92. The van der Waals surface area contributed by atoms with Crippen LogP contribution in [0, 0.1) is 15.4 Å². The molecule has 1 aromatic carbocycles. The van der Waals surface area contributed by atoms with Crippen LogP contribution in [0.3, 0.4) is 0 Å². The maximum Gasteiger partial charge on any atom is 0.336 e. The second-order valence-electron chi connectivity index (χ2n) is 4.77. The quantitative estimate of drug-likeness (QED) is 0.747. The number of hydrogen-bond donors (Lipinski definition) is 2. The average Bonchev–Trinajstić information content (AvgIpc) is 3.03. The molecule has 1 aliphatic carbocycles. The minimum atomic E-state index is -3.63. The normalized spacial score (nSPS) is 22.2. The zero-order chi connectivity index (χ0) is 14.2. The van der Waals surface area contributed by atoms with Gasteiger partial charge < -0.3 is 5.11 Å². The smallest absolute Gasteiger partial charge is 0.336 e. The van der Waals surface area contributed by atoms with Gasteiger partial charge in [-0.05, 0) is 59.0 Å². The van der Waals surface area contributed by atoms with Crippen molar-refractivity contribution in [3.63, 3.8) is 0 Å². The highest BCUT2D eigenvalue weighted by Crippen LogP contribution is 2.37. The molecule has 0 saturated heterocycles. The Bertz CT molecular complexity index is 614. The fourth-order valence-corrected chi connectivity index (χ4v) is 3.51. The summed E-state index contributed by atoms with van der Waals surface area (Å²) < 4.78 is 27.1. The summed E-state index contributed by atoms with van der Waals surface area (Å²) >= 11 is 1.87. The highest BCUT2D eigenvalue weighted by Gasteiger charge is 2.33. The molecule has 1 aromatic rings. The van der Waals surface area contributed by atoms with E-state index in [1.54, 1.807) is 0 Å². The van der Waals surface area contributed by atoms with Gasteiger partial charge in [0.15, 0.2) is 0 Å². The number of sulfonamides is 1. The van der Waals surface area contributed by atoms with Gasteiger partial charge >= 0.3 is 5.97 Å². The molecule has 0 aromatic heterocycles. The third-order valence-corrected chi connectivity index (χ3v) is 5.65. The summed E-state index contributed by atoms with van der Waals surface area (Å²) in [4.78, 5) is 11.0. The number of carboxylic acid groups (broad SMARTS) is 1. The molecule has 2 rings (SSSR count). The van der Waals surface area contributed by atoms with Crippen LogP contribution in [0.4, 0.5) is 0 Å². The first kappa shape index (κ1) is 14.7. The molecule has 1 aliphatic rings. The lowest BCUT2D eigenvalue weighted by atomic mass is 10.2. The summed E-state index contributed by atoms with van der Waals surface area (Å²) in [5, 5.41) is 9.00. The lowest BCUT2D eigenvalue weighted by molar-refractivity contribution is 0.0695. The lowest BCUT2D eigenvalue weighted by Crippen LogP contribution is -2.26. The molecule has 104 valence electrons. The predicted molar refractivity (Wildman–Crippen MR) is 78.6 cm³/mol. The van der Waals surface area contributed by atoms with Crippen molar-refractivity contribution >= 4 is 38.6 Å². The number of carbonyl (C=O) groups is 1. The summed E-state index contributed by atoms with van der Waals surface area (Å²) in [7, 11) is -3.63. The molecule has 19 heavy (non-hydrogen) atoms. The van der Waals surface area contributed by atoms with Crippen molar-refractivity contribution in [2.45, 2.75) is 18.2 Å². The van der Waals surface area contributed by atoms with Crippen LogP contribution in [0.2, 0.25) is 0 Å². The molecule has 7 heteroatoms. The molecule has 0 aliphatic heterocycles. The Morgan fingerprint density at radius 3 is 2.68 bits per heavy atom. The minimum absolute atomic E-state index is 0.00128. The topological polar surface area (TPSA) is 83.5 Å². The van der Waals surface area contributed by atoms with E-state index in [1.165, 1.54) is 18.2 Å². The van der Waals surface area contributed by atoms with E-state index in [4.69, 9.17) is 5.11 Å². The van der Waals surface area contributed by atoms with Crippen molar-refractivity contribution in [1.29, 1.82) is 0 Å². The van der Waals surface area contributed by atoms with E-state index < -0.39 is 16.0 Å². The second-order valence-corrected chi connectivity index (χ2v) is 7.70. The van der Waals surface area contributed by atoms with Crippen molar-refractivity contribution in [3.8, 4) is 0 Å². The van der Waals surface area contributed by atoms with Gasteiger partial charge in [0.2, 0.25) is 10.0 Å². The van der Waals surface area contributed by atoms with Gasteiger partial charge in [-0.15, -0.1) is 0 Å². The van der Waals surface area contributed by atoms with E-state index >= 15 is 0 Å². The number of carboxylic acids is 1. The van der Waals surface area contributed by atoms with Crippen LogP contribution in [-0.4, -0.2) is 26.0 Å². The van der Waals surface area contributed by atoms with E-state index in [0.717, 1.165) is 6.42 Å². The van der Waals surface area contributed by atoms with Crippen molar-refractivity contribution in [2.75, 3.05) is 6.54 Å². The zero-order valence-corrected chi connectivity index (χ0v) is 13.2. The molecule has 0 bridgehead atoms. The Kier molecular flexibility index (Phi) is 4.17. The van der Waals surface area contributed by atoms with Crippen LogP contribution in [0.15, 0.2) is 23.1 Å². The molecule has 2 atom stereocenters. The Morgan fingerprint density at radius 2 is 2.16 bits per heavy atom. The van der Waals surface area contributed by atoms with Crippen LogP contribution in [0.1, 0.15) is 23.7 Å². The van der Waals surface area contributed by atoms with Gasteiger partial charge in [0.05, 0.1) is 10.5 Å². The maximum absolute atomic E-state index is 12.1. The first-order valence-corrected chi connectivity index (χ1v) is 8.40. The highest BCUT2D eigenvalue weighted by atomic mass is 127. The Morgan fingerprint density at radius 1 is 1.53 bits per heavy atom. The monoisotopic (exact) mass is 395 g/mol. The molecular weight excluding hydrogens is 381 g/mol. The first-order chi connectivity index (χ1) is 8.81. The number of rotatable bonds is 5. The number of nitrogens with one attached hydrogen (secondary N) is 1. The van der Waals surface area contributed by atoms with Crippen LogP contribution in [-0.2, 0) is 10.0 Å².